The lowest BCUT2D eigenvalue weighted by Crippen LogP contribution is -2.12. The molecule has 0 bridgehead atoms. The molecular weight excluding hydrogens is 406 g/mol. The van der Waals surface area contributed by atoms with Crippen LogP contribution in [0, 0.1) is 0 Å². The molecule has 8 heteroatoms. The Labute approximate surface area is 156 Å². The number of ether oxygens (including phenoxy) is 2. The highest BCUT2D eigenvalue weighted by atomic mass is 79.9. The molecule has 0 aliphatic carbocycles. The van der Waals surface area contributed by atoms with Gasteiger partial charge >= 0.3 is 0 Å². The van der Waals surface area contributed by atoms with Gasteiger partial charge in [-0.2, -0.15) is 0 Å². The van der Waals surface area contributed by atoms with Crippen molar-refractivity contribution >= 4 is 38.3 Å². The van der Waals surface area contributed by atoms with Crippen molar-refractivity contribution in [1.82, 2.24) is 10.2 Å². The molecule has 0 aliphatic heterocycles. The Balaban J connectivity index is 1.79. The van der Waals surface area contributed by atoms with Crippen molar-refractivity contribution in [2.45, 2.75) is 0 Å². The Morgan fingerprint density at radius 2 is 1.68 bits per heavy atom. The average Bonchev–Trinajstić information content (AvgIpc) is 3.10. The summed E-state index contributed by atoms with van der Waals surface area (Å²) in [6.45, 7) is 0. The lowest BCUT2D eigenvalue weighted by molar-refractivity contribution is 0.102. The molecule has 0 unspecified atom stereocenters. The van der Waals surface area contributed by atoms with Crippen LogP contribution < -0.4 is 14.8 Å². The zero-order valence-electron chi connectivity index (χ0n) is 13.4. The first-order valence-electron chi connectivity index (χ1n) is 7.23. The molecule has 1 heterocycles. The van der Waals surface area contributed by atoms with Gasteiger partial charge in [-0.3, -0.25) is 10.1 Å². The maximum Gasteiger partial charge on any atom is 0.257 e. The van der Waals surface area contributed by atoms with E-state index < -0.39 is 0 Å². The summed E-state index contributed by atoms with van der Waals surface area (Å²) < 4.78 is 11.3. The van der Waals surface area contributed by atoms with Crippen LogP contribution >= 0.6 is 27.3 Å². The molecule has 25 heavy (non-hydrogen) atoms. The summed E-state index contributed by atoms with van der Waals surface area (Å²) in [6.07, 6.45) is 0. The lowest BCUT2D eigenvalue weighted by Gasteiger charge is -2.07. The molecular formula is C17H14BrN3O3S. The highest BCUT2D eigenvalue weighted by Crippen LogP contribution is 2.28. The summed E-state index contributed by atoms with van der Waals surface area (Å²) in [5.74, 6) is 0.769. The van der Waals surface area contributed by atoms with E-state index in [9.17, 15) is 4.79 Å². The Morgan fingerprint density at radius 1 is 1.04 bits per heavy atom. The van der Waals surface area contributed by atoms with Crippen LogP contribution in [0.3, 0.4) is 0 Å². The van der Waals surface area contributed by atoms with Gasteiger partial charge in [0.2, 0.25) is 5.13 Å². The van der Waals surface area contributed by atoms with Gasteiger partial charge < -0.3 is 9.47 Å². The van der Waals surface area contributed by atoms with Crippen LogP contribution in [-0.4, -0.2) is 30.3 Å². The Bertz CT molecular complexity index is 874. The topological polar surface area (TPSA) is 73.3 Å². The van der Waals surface area contributed by atoms with Crippen molar-refractivity contribution in [2.24, 2.45) is 0 Å². The highest BCUT2D eigenvalue weighted by Gasteiger charge is 2.13. The number of nitrogens with one attached hydrogen (secondary N) is 1. The van der Waals surface area contributed by atoms with E-state index in [4.69, 9.17) is 9.47 Å². The number of hydrogen-bond donors (Lipinski definition) is 1. The van der Waals surface area contributed by atoms with E-state index in [1.54, 1.807) is 18.2 Å². The summed E-state index contributed by atoms with van der Waals surface area (Å²) in [7, 11) is 3.07. The molecule has 1 aromatic heterocycles. The standard InChI is InChI=1S/C17H14BrN3O3S/c1-23-13-7-11(8-14(9-13)24-2)15(22)19-17-21-20-16(25-17)10-3-5-12(18)6-4-10/h3-9H,1-2H3,(H,19,21,22). The van der Waals surface area contributed by atoms with Crippen LogP contribution in [0.15, 0.2) is 46.9 Å². The van der Waals surface area contributed by atoms with E-state index >= 15 is 0 Å². The predicted octanol–water partition coefficient (Wildman–Crippen LogP) is 4.24. The first-order valence-corrected chi connectivity index (χ1v) is 8.84. The van der Waals surface area contributed by atoms with Gasteiger partial charge in [0.25, 0.3) is 5.91 Å². The minimum absolute atomic E-state index is 0.310. The van der Waals surface area contributed by atoms with Gasteiger partial charge in [0.1, 0.15) is 16.5 Å². The lowest BCUT2D eigenvalue weighted by atomic mass is 10.2. The predicted molar refractivity (Wildman–Crippen MR) is 101 cm³/mol. The number of nitrogens with zero attached hydrogens (tertiary/aromatic N) is 2. The summed E-state index contributed by atoms with van der Waals surface area (Å²) in [6, 6.07) is 12.7. The fourth-order valence-electron chi connectivity index (χ4n) is 2.09. The summed E-state index contributed by atoms with van der Waals surface area (Å²) in [4.78, 5) is 12.5. The monoisotopic (exact) mass is 419 g/mol. The smallest absolute Gasteiger partial charge is 0.257 e. The van der Waals surface area contributed by atoms with Crippen LogP contribution in [0.25, 0.3) is 10.6 Å². The molecule has 2 aromatic carbocycles. The third kappa shape index (κ3) is 4.15. The summed E-state index contributed by atoms with van der Waals surface area (Å²) in [5, 5.41) is 12.0. The van der Waals surface area contributed by atoms with Crippen molar-refractivity contribution in [2.75, 3.05) is 19.5 Å². The number of anilines is 1. The Kier molecular flexibility index (Phi) is 5.30. The molecule has 0 atom stereocenters. The van der Waals surface area contributed by atoms with E-state index in [2.05, 4.69) is 31.4 Å². The molecule has 6 nitrogen and oxygen atoms in total. The van der Waals surface area contributed by atoms with Crippen molar-refractivity contribution in [3.8, 4) is 22.1 Å². The molecule has 1 amide bonds. The van der Waals surface area contributed by atoms with Crippen molar-refractivity contribution in [3.63, 3.8) is 0 Å². The molecule has 0 radical (unpaired) electrons. The minimum Gasteiger partial charge on any atom is -0.497 e. The third-order valence-corrected chi connectivity index (χ3v) is 4.77. The normalized spacial score (nSPS) is 10.4. The first-order chi connectivity index (χ1) is 12.1. The Hall–Kier alpha value is -2.45. The van der Waals surface area contributed by atoms with Gasteiger partial charge in [-0.15, -0.1) is 10.2 Å². The number of aromatic nitrogens is 2. The molecule has 1 N–H and O–H groups in total. The zero-order chi connectivity index (χ0) is 17.8. The van der Waals surface area contributed by atoms with E-state index in [1.165, 1.54) is 25.6 Å². The molecule has 128 valence electrons. The molecule has 0 aliphatic rings. The third-order valence-electron chi connectivity index (χ3n) is 3.35. The van der Waals surface area contributed by atoms with Crippen LogP contribution in [0.4, 0.5) is 5.13 Å². The number of rotatable bonds is 5. The minimum atomic E-state index is -0.310. The number of hydrogen-bond acceptors (Lipinski definition) is 6. The van der Waals surface area contributed by atoms with Gasteiger partial charge in [-0.05, 0) is 24.3 Å². The van der Waals surface area contributed by atoms with E-state index in [-0.39, 0.29) is 5.91 Å². The van der Waals surface area contributed by atoms with Gasteiger partial charge in [0.15, 0.2) is 0 Å². The van der Waals surface area contributed by atoms with Crippen LogP contribution in [0.2, 0.25) is 0 Å². The van der Waals surface area contributed by atoms with Crippen molar-refractivity contribution in [3.05, 3.63) is 52.5 Å². The highest BCUT2D eigenvalue weighted by molar-refractivity contribution is 9.10. The maximum absolute atomic E-state index is 12.5. The van der Waals surface area contributed by atoms with E-state index in [0.29, 0.717) is 22.2 Å². The number of methoxy groups -OCH3 is 2. The number of benzene rings is 2. The van der Waals surface area contributed by atoms with Gasteiger partial charge in [-0.1, -0.05) is 39.4 Å². The molecule has 3 rings (SSSR count). The second kappa shape index (κ2) is 7.62. The number of amides is 1. The molecule has 0 spiro atoms. The SMILES string of the molecule is COc1cc(OC)cc(C(=O)Nc2nnc(-c3ccc(Br)cc3)s2)c1. The zero-order valence-corrected chi connectivity index (χ0v) is 15.8. The van der Waals surface area contributed by atoms with Crippen LogP contribution in [0.1, 0.15) is 10.4 Å². The first kappa shape index (κ1) is 17.4. The maximum atomic E-state index is 12.5. The molecule has 0 saturated heterocycles. The molecule has 0 fully saturated rings. The van der Waals surface area contributed by atoms with E-state index in [0.717, 1.165) is 15.0 Å². The summed E-state index contributed by atoms with van der Waals surface area (Å²) in [5.41, 5.74) is 1.35. The van der Waals surface area contributed by atoms with Crippen molar-refractivity contribution < 1.29 is 14.3 Å². The summed E-state index contributed by atoms with van der Waals surface area (Å²) >= 11 is 4.70. The van der Waals surface area contributed by atoms with Gasteiger partial charge in [0.05, 0.1) is 14.2 Å². The molecule has 0 saturated carbocycles. The van der Waals surface area contributed by atoms with E-state index in [1.807, 2.05) is 24.3 Å². The van der Waals surface area contributed by atoms with Crippen LogP contribution in [-0.2, 0) is 0 Å². The quantitative estimate of drug-likeness (QED) is 0.669. The van der Waals surface area contributed by atoms with Crippen LogP contribution in [0.5, 0.6) is 11.5 Å². The number of carbonyl (C=O) groups excluding carboxylic acids is 1. The largest absolute Gasteiger partial charge is 0.497 e. The number of halogens is 1. The average molecular weight is 420 g/mol. The molecule has 3 aromatic rings. The van der Waals surface area contributed by atoms with Gasteiger partial charge in [0, 0.05) is 21.7 Å². The Morgan fingerprint density at radius 3 is 2.28 bits per heavy atom. The van der Waals surface area contributed by atoms with Gasteiger partial charge in [-0.25, -0.2) is 0 Å². The number of carbonyl (C=O) groups is 1. The second-order valence-electron chi connectivity index (χ2n) is 4.97. The fraction of sp³-hybridized carbons (Fsp3) is 0.118. The second-order valence-corrected chi connectivity index (χ2v) is 6.87. The fourth-order valence-corrected chi connectivity index (χ4v) is 3.10. The van der Waals surface area contributed by atoms with Crippen molar-refractivity contribution in [1.29, 1.82) is 0 Å².